The van der Waals surface area contributed by atoms with E-state index in [0.29, 0.717) is 5.75 Å². The van der Waals surface area contributed by atoms with E-state index in [0.717, 1.165) is 21.9 Å². The molecule has 9 nitrogen and oxygen atoms in total. The van der Waals surface area contributed by atoms with Gasteiger partial charge in [0, 0.05) is 4.47 Å². The van der Waals surface area contributed by atoms with Crippen molar-refractivity contribution in [2.75, 3.05) is 5.43 Å². The molecule has 0 saturated carbocycles. The van der Waals surface area contributed by atoms with Gasteiger partial charge in [0.25, 0.3) is 0 Å². The van der Waals surface area contributed by atoms with E-state index < -0.39 is 22.4 Å². The van der Waals surface area contributed by atoms with Crippen LogP contribution in [0.4, 0.5) is 11.5 Å². The summed E-state index contributed by atoms with van der Waals surface area (Å²) in [5.74, 6) is -1.18. The largest absolute Gasteiger partial charge is 0.434 e. The Hall–Kier alpha value is -4.31. The van der Waals surface area contributed by atoms with Crippen LogP contribution in [0.2, 0.25) is 0 Å². The number of hydrogen-bond acceptors (Lipinski definition) is 7. The van der Waals surface area contributed by atoms with Gasteiger partial charge in [-0.3, -0.25) is 25.8 Å². The molecule has 1 amide bonds. The van der Waals surface area contributed by atoms with Crippen molar-refractivity contribution < 1.29 is 14.5 Å². The van der Waals surface area contributed by atoms with Crippen LogP contribution < -0.4 is 15.6 Å². The van der Waals surface area contributed by atoms with E-state index in [1.165, 1.54) is 0 Å². The molecule has 0 aliphatic rings. The standard InChI is InChI=1S/C24H18BrN5O4/c25-18-11-13-19(14-12-18)34-24-21(30(32)33)22(26-15-27-24)28-29-23(31)20(16-7-3-1-4-8-16)17-9-5-2-6-10-17/h1-15,20H,(H,29,31)(H,26,27,28). The Balaban J connectivity index is 1.59. The molecule has 0 radical (unpaired) electrons. The Morgan fingerprint density at radius 3 is 2.06 bits per heavy atom. The Kier molecular flexibility index (Phi) is 7.09. The molecule has 0 aliphatic carbocycles. The molecule has 3 aromatic carbocycles. The first-order valence-corrected chi connectivity index (χ1v) is 10.9. The average Bonchev–Trinajstić information content (AvgIpc) is 2.85. The third-order valence-corrected chi connectivity index (χ3v) is 5.36. The zero-order chi connectivity index (χ0) is 23.9. The molecule has 0 spiro atoms. The summed E-state index contributed by atoms with van der Waals surface area (Å²) in [6.45, 7) is 0. The van der Waals surface area contributed by atoms with E-state index in [9.17, 15) is 14.9 Å². The summed E-state index contributed by atoms with van der Waals surface area (Å²) in [6, 6.07) is 25.2. The number of halogens is 1. The van der Waals surface area contributed by atoms with Crippen molar-refractivity contribution in [3.05, 3.63) is 117 Å². The number of ether oxygens (including phenoxy) is 1. The van der Waals surface area contributed by atoms with Gasteiger partial charge in [0.15, 0.2) is 0 Å². The lowest BCUT2D eigenvalue weighted by molar-refractivity contribution is -0.385. The van der Waals surface area contributed by atoms with Crippen LogP contribution in [0.5, 0.6) is 11.6 Å². The number of nitrogens with zero attached hydrogens (tertiary/aromatic N) is 3. The number of carbonyl (C=O) groups excluding carboxylic acids is 1. The van der Waals surface area contributed by atoms with Crippen LogP contribution in [-0.2, 0) is 4.79 Å². The maximum atomic E-state index is 13.2. The number of hydrazine groups is 1. The summed E-state index contributed by atoms with van der Waals surface area (Å²) in [4.78, 5) is 32.1. The molecular formula is C24H18BrN5O4. The Morgan fingerprint density at radius 2 is 1.50 bits per heavy atom. The van der Waals surface area contributed by atoms with E-state index in [1.54, 1.807) is 24.3 Å². The molecule has 10 heteroatoms. The number of aromatic nitrogens is 2. The second kappa shape index (κ2) is 10.5. The highest BCUT2D eigenvalue weighted by Gasteiger charge is 2.27. The van der Waals surface area contributed by atoms with Crippen LogP contribution in [0.25, 0.3) is 0 Å². The number of rotatable bonds is 8. The van der Waals surface area contributed by atoms with Crippen molar-refractivity contribution in [2.24, 2.45) is 0 Å². The number of nitrogens with one attached hydrogen (secondary N) is 2. The van der Waals surface area contributed by atoms with Gasteiger partial charge >= 0.3 is 11.6 Å². The van der Waals surface area contributed by atoms with Gasteiger partial charge < -0.3 is 4.74 Å². The van der Waals surface area contributed by atoms with Crippen LogP contribution >= 0.6 is 15.9 Å². The molecule has 1 heterocycles. The minimum Gasteiger partial charge on any atom is -0.434 e. The monoisotopic (exact) mass is 519 g/mol. The number of anilines is 1. The number of hydrogen-bond donors (Lipinski definition) is 2. The lowest BCUT2D eigenvalue weighted by atomic mass is 9.91. The van der Waals surface area contributed by atoms with Crippen molar-refractivity contribution in [3.8, 4) is 11.6 Å². The molecule has 0 saturated heterocycles. The molecule has 1 aromatic heterocycles. The van der Waals surface area contributed by atoms with E-state index in [2.05, 4.69) is 36.7 Å². The molecule has 0 fully saturated rings. The van der Waals surface area contributed by atoms with Crippen LogP contribution in [0.15, 0.2) is 95.7 Å². The highest BCUT2D eigenvalue weighted by Crippen LogP contribution is 2.34. The van der Waals surface area contributed by atoms with Crippen molar-refractivity contribution in [2.45, 2.75) is 5.92 Å². The Bertz CT molecular complexity index is 1250. The number of benzene rings is 3. The van der Waals surface area contributed by atoms with Gasteiger partial charge in [-0.1, -0.05) is 76.6 Å². The molecule has 170 valence electrons. The summed E-state index contributed by atoms with van der Waals surface area (Å²) >= 11 is 3.32. The van der Waals surface area contributed by atoms with Crippen LogP contribution in [0.1, 0.15) is 17.0 Å². The second-order valence-corrected chi connectivity index (χ2v) is 7.97. The molecule has 0 unspecified atom stereocenters. The van der Waals surface area contributed by atoms with E-state index in [-0.39, 0.29) is 11.7 Å². The Morgan fingerprint density at radius 1 is 0.912 bits per heavy atom. The van der Waals surface area contributed by atoms with Crippen molar-refractivity contribution in [1.82, 2.24) is 15.4 Å². The Labute approximate surface area is 203 Å². The first-order chi connectivity index (χ1) is 16.5. The van der Waals surface area contributed by atoms with Crippen LogP contribution in [0.3, 0.4) is 0 Å². The normalized spacial score (nSPS) is 10.5. The second-order valence-electron chi connectivity index (χ2n) is 7.06. The predicted molar refractivity (Wildman–Crippen MR) is 129 cm³/mol. The number of amides is 1. The van der Waals surface area contributed by atoms with Crippen LogP contribution in [0, 0.1) is 10.1 Å². The summed E-state index contributed by atoms with van der Waals surface area (Å²) in [5, 5.41) is 11.8. The average molecular weight is 520 g/mol. The topological polar surface area (TPSA) is 119 Å². The molecule has 0 bridgehead atoms. The van der Waals surface area contributed by atoms with Gasteiger partial charge in [-0.15, -0.1) is 0 Å². The molecule has 2 N–H and O–H groups in total. The fourth-order valence-electron chi connectivity index (χ4n) is 3.29. The lowest BCUT2D eigenvalue weighted by Crippen LogP contribution is -2.35. The molecule has 0 aliphatic heterocycles. The van der Waals surface area contributed by atoms with Crippen molar-refractivity contribution in [3.63, 3.8) is 0 Å². The molecule has 34 heavy (non-hydrogen) atoms. The number of carbonyl (C=O) groups is 1. The maximum Gasteiger partial charge on any atom is 0.374 e. The minimum atomic E-state index is -0.672. The summed E-state index contributed by atoms with van der Waals surface area (Å²) < 4.78 is 6.42. The lowest BCUT2D eigenvalue weighted by Gasteiger charge is -2.18. The van der Waals surface area contributed by atoms with Gasteiger partial charge in [0.05, 0.1) is 10.8 Å². The smallest absolute Gasteiger partial charge is 0.374 e. The molecule has 4 rings (SSSR count). The fraction of sp³-hybridized carbons (Fsp3) is 0.0417. The first kappa shape index (κ1) is 22.9. The van der Waals surface area contributed by atoms with Gasteiger partial charge in [0.2, 0.25) is 11.7 Å². The van der Waals surface area contributed by atoms with E-state index >= 15 is 0 Å². The van der Waals surface area contributed by atoms with Gasteiger partial charge in [-0.25, -0.2) is 4.98 Å². The van der Waals surface area contributed by atoms with Gasteiger partial charge in [-0.2, -0.15) is 4.98 Å². The minimum absolute atomic E-state index is 0.208. The zero-order valence-electron chi connectivity index (χ0n) is 17.6. The third-order valence-electron chi connectivity index (χ3n) is 4.83. The predicted octanol–water partition coefficient (Wildman–Crippen LogP) is 5.21. The summed E-state index contributed by atoms with van der Waals surface area (Å²) in [5.41, 5.74) is 6.14. The third kappa shape index (κ3) is 5.36. The SMILES string of the molecule is O=C(NNc1ncnc(Oc2ccc(Br)cc2)c1[N+](=O)[O-])C(c1ccccc1)c1ccccc1. The zero-order valence-corrected chi connectivity index (χ0v) is 19.2. The van der Waals surface area contributed by atoms with Gasteiger partial charge in [0.1, 0.15) is 12.1 Å². The first-order valence-electron chi connectivity index (χ1n) is 10.1. The summed E-state index contributed by atoms with van der Waals surface area (Å²) in [6.07, 6.45) is 1.11. The highest BCUT2D eigenvalue weighted by atomic mass is 79.9. The maximum absolute atomic E-state index is 13.2. The molecule has 4 aromatic rings. The quantitative estimate of drug-likeness (QED) is 0.242. The highest BCUT2D eigenvalue weighted by molar-refractivity contribution is 9.10. The van der Waals surface area contributed by atoms with E-state index in [4.69, 9.17) is 4.74 Å². The van der Waals surface area contributed by atoms with Crippen molar-refractivity contribution >= 4 is 33.3 Å². The fourth-order valence-corrected chi connectivity index (χ4v) is 3.55. The number of nitro groups is 1. The van der Waals surface area contributed by atoms with Crippen molar-refractivity contribution in [1.29, 1.82) is 0 Å². The molecule has 0 atom stereocenters. The van der Waals surface area contributed by atoms with E-state index in [1.807, 2.05) is 60.7 Å². The van der Waals surface area contributed by atoms with Gasteiger partial charge in [-0.05, 0) is 35.4 Å². The summed E-state index contributed by atoms with van der Waals surface area (Å²) in [7, 11) is 0. The van der Waals surface area contributed by atoms with Crippen LogP contribution in [-0.4, -0.2) is 20.8 Å². The molecular weight excluding hydrogens is 502 g/mol.